The first-order valence-corrected chi connectivity index (χ1v) is 9.26. The summed E-state index contributed by atoms with van der Waals surface area (Å²) in [4.78, 5) is 11.7. The number of nitrogens with one attached hydrogen (secondary N) is 2. The largest absolute Gasteiger partial charge is 0.352 e. The third-order valence-corrected chi connectivity index (χ3v) is 5.88. The van der Waals surface area contributed by atoms with Crippen molar-refractivity contribution in [1.29, 1.82) is 0 Å². The molecule has 0 unspecified atom stereocenters. The van der Waals surface area contributed by atoms with Crippen LogP contribution in [0.4, 0.5) is 0 Å². The van der Waals surface area contributed by atoms with Gasteiger partial charge in [0.15, 0.2) is 0 Å². The smallest absolute Gasteiger partial charge is 0.250 e. The Morgan fingerprint density at radius 1 is 1.23 bits per heavy atom. The van der Waals surface area contributed by atoms with Gasteiger partial charge in [0.25, 0.3) is 0 Å². The van der Waals surface area contributed by atoms with Gasteiger partial charge in [0, 0.05) is 24.5 Å². The van der Waals surface area contributed by atoms with Crippen molar-refractivity contribution in [3.05, 3.63) is 52.4 Å². The fourth-order valence-corrected chi connectivity index (χ4v) is 4.00. The van der Waals surface area contributed by atoms with Crippen LogP contribution in [0.25, 0.3) is 0 Å². The molecule has 0 aliphatic carbocycles. The first-order chi connectivity index (χ1) is 10.5. The monoisotopic (exact) mass is 358 g/mol. The molecule has 1 aromatic carbocycles. The molecule has 5 nitrogen and oxygen atoms in total. The fourth-order valence-electron chi connectivity index (χ4n) is 1.72. The Balaban J connectivity index is 1.74. The zero-order chi connectivity index (χ0) is 16.0. The Morgan fingerprint density at radius 3 is 2.73 bits per heavy atom. The van der Waals surface area contributed by atoms with E-state index in [1.54, 1.807) is 29.6 Å². The summed E-state index contributed by atoms with van der Waals surface area (Å²) in [6, 6.07) is 10.4. The predicted octanol–water partition coefficient (Wildman–Crippen LogP) is 2.39. The molecule has 2 aromatic rings. The second-order valence-corrected chi connectivity index (χ2v) is 7.86. The number of carbonyl (C=O) groups is 1. The summed E-state index contributed by atoms with van der Waals surface area (Å²) in [5.74, 6) is -0.228. The van der Waals surface area contributed by atoms with E-state index in [0.29, 0.717) is 11.6 Å². The number of thiophene rings is 1. The van der Waals surface area contributed by atoms with Gasteiger partial charge in [0.05, 0.1) is 0 Å². The first-order valence-electron chi connectivity index (χ1n) is 6.52. The van der Waals surface area contributed by atoms with Gasteiger partial charge in [-0.3, -0.25) is 4.79 Å². The van der Waals surface area contributed by atoms with E-state index >= 15 is 0 Å². The number of halogens is 1. The summed E-state index contributed by atoms with van der Waals surface area (Å²) >= 11 is 6.99. The van der Waals surface area contributed by atoms with Crippen LogP contribution in [-0.4, -0.2) is 20.9 Å². The second-order valence-electron chi connectivity index (χ2n) is 4.49. The summed E-state index contributed by atoms with van der Waals surface area (Å²) in [6.45, 7) is 0.415. The molecule has 0 saturated heterocycles. The Kier molecular flexibility index (Phi) is 5.96. The third-order valence-electron chi connectivity index (χ3n) is 2.78. The van der Waals surface area contributed by atoms with Crippen LogP contribution in [0.2, 0.25) is 5.02 Å². The molecule has 1 aromatic heterocycles. The lowest BCUT2D eigenvalue weighted by molar-refractivity contribution is -0.121. The number of amides is 1. The SMILES string of the molecule is O=C(CCNS(=O)(=O)c1cccs1)NCc1cccc(Cl)c1. The van der Waals surface area contributed by atoms with Crippen molar-refractivity contribution >= 4 is 38.9 Å². The maximum atomic E-state index is 11.8. The van der Waals surface area contributed by atoms with Gasteiger partial charge in [-0.05, 0) is 29.1 Å². The zero-order valence-electron chi connectivity index (χ0n) is 11.6. The molecule has 0 spiro atoms. The van der Waals surface area contributed by atoms with E-state index in [1.165, 1.54) is 6.07 Å². The van der Waals surface area contributed by atoms with E-state index in [9.17, 15) is 13.2 Å². The van der Waals surface area contributed by atoms with Crippen molar-refractivity contribution in [2.75, 3.05) is 6.54 Å². The predicted molar refractivity (Wildman–Crippen MR) is 87.4 cm³/mol. The van der Waals surface area contributed by atoms with Gasteiger partial charge in [0.2, 0.25) is 15.9 Å². The second kappa shape index (κ2) is 7.73. The Hall–Kier alpha value is -1.41. The highest BCUT2D eigenvalue weighted by Gasteiger charge is 2.14. The lowest BCUT2D eigenvalue weighted by atomic mass is 10.2. The Labute approximate surface area is 138 Å². The van der Waals surface area contributed by atoms with Gasteiger partial charge in [0.1, 0.15) is 4.21 Å². The molecule has 8 heteroatoms. The van der Waals surface area contributed by atoms with Crippen LogP contribution >= 0.6 is 22.9 Å². The minimum atomic E-state index is -3.51. The number of hydrogen-bond acceptors (Lipinski definition) is 4. The Morgan fingerprint density at radius 2 is 2.05 bits per heavy atom. The molecule has 1 amide bonds. The number of sulfonamides is 1. The zero-order valence-corrected chi connectivity index (χ0v) is 14.0. The molecule has 0 radical (unpaired) electrons. The van der Waals surface area contributed by atoms with Crippen LogP contribution in [-0.2, 0) is 21.4 Å². The lowest BCUT2D eigenvalue weighted by Gasteiger charge is -2.07. The molecular weight excluding hydrogens is 344 g/mol. The van der Waals surface area contributed by atoms with E-state index in [-0.39, 0.29) is 23.1 Å². The normalized spacial score (nSPS) is 11.3. The van der Waals surface area contributed by atoms with Crippen molar-refractivity contribution in [3.63, 3.8) is 0 Å². The van der Waals surface area contributed by atoms with Crippen LogP contribution in [0.3, 0.4) is 0 Å². The standard InChI is InChI=1S/C14H15ClN2O3S2/c15-12-4-1-3-11(9-12)10-16-13(18)6-7-17-22(19,20)14-5-2-8-21-14/h1-5,8-9,17H,6-7,10H2,(H,16,18). The third kappa shape index (κ3) is 5.10. The van der Waals surface area contributed by atoms with Gasteiger partial charge in [-0.25, -0.2) is 13.1 Å². The molecule has 118 valence electrons. The van der Waals surface area contributed by atoms with Gasteiger partial charge < -0.3 is 5.32 Å². The van der Waals surface area contributed by atoms with Crippen LogP contribution in [0.15, 0.2) is 46.0 Å². The number of hydrogen-bond donors (Lipinski definition) is 2. The molecular formula is C14H15ClN2O3S2. The van der Waals surface area contributed by atoms with Crippen LogP contribution in [0.1, 0.15) is 12.0 Å². The minimum absolute atomic E-state index is 0.0572. The van der Waals surface area contributed by atoms with Crippen molar-refractivity contribution in [1.82, 2.24) is 10.0 Å². The maximum absolute atomic E-state index is 11.8. The van der Waals surface area contributed by atoms with E-state index in [2.05, 4.69) is 10.0 Å². The highest BCUT2D eigenvalue weighted by Crippen LogP contribution is 2.15. The molecule has 2 N–H and O–H groups in total. The molecule has 1 heterocycles. The highest BCUT2D eigenvalue weighted by molar-refractivity contribution is 7.91. The molecule has 2 rings (SSSR count). The van der Waals surface area contributed by atoms with Crippen molar-refractivity contribution in [2.45, 2.75) is 17.2 Å². The molecule has 0 bridgehead atoms. The van der Waals surface area contributed by atoms with Crippen LogP contribution < -0.4 is 10.0 Å². The number of carbonyl (C=O) groups excluding carboxylic acids is 1. The van der Waals surface area contributed by atoms with E-state index < -0.39 is 10.0 Å². The number of benzene rings is 1. The van der Waals surface area contributed by atoms with E-state index in [1.807, 2.05) is 6.07 Å². The summed E-state index contributed by atoms with van der Waals surface area (Å²) in [7, 11) is -3.51. The molecule has 0 aliphatic heterocycles. The minimum Gasteiger partial charge on any atom is -0.352 e. The summed E-state index contributed by atoms with van der Waals surface area (Å²) in [5.41, 5.74) is 0.889. The molecule has 0 aliphatic rings. The fraction of sp³-hybridized carbons (Fsp3) is 0.214. The summed E-state index contributed by atoms with van der Waals surface area (Å²) in [5, 5.41) is 5.01. The van der Waals surface area contributed by atoms with E-state index in [0.717, 1.165) is 16.9 Å². The molecule has 0 saturated carbocycles. The number of rotatable bonds is 7. The first kappa shape index (κ1) is 17.0. The maximum Gasteiger partial charge on any atom is 0.250 e. The average Bonchev–Trinajstić information content (AvgIpc) is 3.00. The van der Waals surface area contributed by atoms with E-state index in [4.69, 9.17) is 11.6 Å². The summed E-state index contributed by atoms with van der Waals surface area (Å²) in [6.07, 6.45) is 0.0746. The summed E-state index contributed by atoms with van der Waals surface area (Å²) < 4.78 is 26.3. The van der Waals surface area contributed by atoms with Gasteiger partial charge in [-0.2, -0.15) is 0 Å². The lowest BCUT2D eigenvalue weighted by Crippen LogP contribution is -2.30. The Bertz CT molecular complexity index is 730. The highest BCUT2D eigenvalue weighted by atomic mass is 35.5. The van der Waals surface area contributed by atoms with Crippen molar-refractivity contribution in [3.8, 4) is 0 Å². The van der Waals surface area contributed by atoms with Gasteiger partial charge in [-0.15, -0.1) is 11.3 Å². The van der Waals surface area contributed by atoms with Crippen LogP contribution in [0.5, 0.6) is 0 Å². The average molecular weight is 359 g/mol. The van der Waals surface area contributed by atoms with Crippen molar-refractivity contribution < 1.29 is 13.2 Å². The van der Waals surface area contributed by atoms with Gasteiger partial charge in [-0.1, -0.05) is 29.8 Å². The quantitative estimate of drug-likeness (QED) is 0.798. The molecule has 0 atom stereocenters. The van der Waals surface area contributed by atoms with Crippen molar-refractivity contribution in [2.24, 2.45) is 0 Å². The van der Waals surface area contributed by atoms with Crippen LogP contribution in [0, 0.1) is 0 Å². The van der Waals surface area contributed by atoms with Gasteiger partial charge >= 0.3 is 0 Å². The topological polar surface area (TPSA) is 75.3 Å². The molecule has 22 heavy (non-hydrogen) atoms. The molecule has 0 fully saturated rings.